The average molecular weight is 647 g/mol. The zero-order valence-electron chi connectivity index (χ0n) is 21.9. The zero-order valence-corrected chi connectivity index (χ0v) is 25.0. The Morgan fingerprint density at radius 2 is 1.65 bits per heavy atom. The highest BCUT2D eigenvalue weighted by Gasteiger charge is 2.43. The lowest BCUT2D eigenvalue weighted by Gasteiger charge is -2.35. The molecule has 0 aromatic heterocycles. The summed E-state index contributed by atoms with van der Waals surface area (Å²) >= 11 is 17.8. The molecule has 1 aliphatic heterocycles. The third kappa shape index (κ3) is 8.69. The Balaban J connectivity index is 1.77. The van der Waals surface area contributed by atoms with Gasteiger partial charge < -0.3 is 15.1 Å². The maximum Gasteiger partial charge on any atom is 0.417 e. The zero-order chi connectivity index (χ0) is 29.9. The number of rotatable bonds is 10. The second kappa shape index (κ2) is 13.1. The van der Waals surface area contributed by atoms with Gasteiger partial charge in [-0.3, -0.25) is 4.79 Å². The number of carbonyl (C=O) groups is 1. The van der Waals surface area contributed by atoms with E-state index in [4.69, 9.17) is 34.8 Å². The van der Waals surface area contributed by atoms with E-state index >= 15 is 4.39 Å². The van der Waals surface area contributed by atoms with Crippen molar-refractivity contribution in [2.45, 2.75) is 43.7 Å². The maximum absolute atomic E-state index is 16.8. The van der Waals surface area contributed by atoms with E-state index in [0.717, 1.165) is 23.3 Å². The topological polar surface area (TPSA) is 69.7 Å². The second-order valence-corrected chi connectivity index (χ2v) is 13.4. The quantitative estimate of drug-likeness (QED) is 0.324. The van der Waals surface area contributed by atoms with Crippen molar-refractivity contribution in [1.29, 1.82) is 0 Å². The van der Waals surface area contributed by atoms with Gasteiger partial charge in [-0.05, 0) is 55.8 Å². The third-order valence-electron chi connectivity index (χ3n) is 6.81. The van der Waals surface area contributed by atoms with Gasteiger partial charge in [0, 0.05) is 44.4 Å². The van der Waals surface area contributed by atoms with Crippen LogP contribution in [0.5, 0.6) is 0 Å². The van der Waals surface area contributed by atoms with Crippen LogP contribution in [0.3, 0.4) is 0 Å². The molecular weight excluding hydrogens is 617 g/mol. The molecule has 1 N–H and O–H groups in total. The number of likely N-dealkylation sites (N-methyl/N-ethyl adjacent to an activating group) is 1. The predicted molar refractivity (Wildman–Crippen MR) is 149 cm³/mol. The molecule has 0 radical (unpaired) electrons. The van der Waals surface area contributed by atoms with Gasteiger partial charge in [0.25, 0.3) is 5.91 Å². The first kappa shape index (κ1) is 32.9. The summed E-state index contributed by atoms with van der Waals surface area (Å²) in [6, 6.07) is 7.31. The molecule has 1 aliphatic rings. The molecule has 0 bridgehead atoms. The maximum atomic E-state index is 16.8. The Morgan fingerprint density at radius 1 is 1.02 bits per heavy atom. The highest BCUT2D eigenvalue weighted by molar-refractivity contribution is 7.90. The largest absolute Gasteiger partial charge is 0.417 e. The van der Waals surface area contributed by atoms with E-state index in [9.17, 15) is 26.4 Å². The summed E-state index contributed by atoms with van der Waals surface area (Å²) in [5.41, 5.74) is -3.48. The van der Waals surface area contributed by atoms with Crippen molar-refractivity contribution in [3.8, 4) is 0 Å². The summed E-state index contributed by atoms with van der Waals surface area (Å²) in [7, 11) is -1.84. The van der Waals surface area contributed by atoms with Gasteiger partial charge in [-0.15, -0.1) is 0 Å². The van der Waals surface area contributed by atoms with Crippen molar-refractivity contribution >= 4 is 50.5 Å². The molecule has 14 heteroatoms. The number of likely N-dealkylation sites (tertiary alicyclic amines) is 1. The van der Waals surface area contributed by atoms with E-state index in [2.05, 4.69) is 5.32 Å². The number of hydrogen-bond donors (Lipinski definition) is 1. The van der Waals surface area contributed by atoms with Gasteiger partial charge >= 0.3 is 6.18 Å². The number of halogens is 7. The van der Waals surface area contributed by atoms with E-state index in [1.54, 1.807) is 0 Å². The second-order valence-electron chi connectivity index (χ2n) is 10.0. The molecular formula is C26H30Cl3F4N3O3S. The molecule has 2 aromatic rings. The van der Waals surface area contributed by atoms with Crippen LogP contribution in [0.15, 0.2) is 36.4 Å². The first-order chi connectivity index (χ1) is 18.5. The summed E-state index contributed by atoms with van der Waals surface area (Å²) in [5, 5.41) is 2.77. The molecule has 1 fully saturated rings. The summed E-state index contributed by atoms with van der Waals surface area (Å²) < 4.78 is 79.6. The summed E-state index contributed by atoms with van der Waals surface area (Å²) in [6.45, 7) is 1.04. The van der Waals surface area contributed by atoms with Crippen molar-refractivity contribution in [1.82, 2.24) is 15.1 Å². The molecule has 3 rings (SSSR count). The average Bonchev–Trinajstić information content (AvgIpc) is 2.87. The number of nitrogens with zero attached hydrogens (tertiary/aromatic N) is 2. The summed E-state index contributed by atoms with van der Waals surface area (Å²) in [6.07, 6.45) is -2.49. The number of alkyl halides is 4. The molecule has 0 aliphatic carbocycles. The SMILES string of the molecule is CN(Cc1ccc(Cl)c(C(F)(F)F)c1)C(=O)C(F)(CCN1CCC(NCS(C)(=O)=O)CC1)c1ccc(Cl)c(Cl)c1. The Bertz CT molecular complexity index is 1320. The molecule has 1 saturated heterocycles. The first-order valence-electron chi connectivity index (χ1n) is 12.4. The van der Waals surface area contributed by atoms with E-state index in [1.807, 2.05) is 4.90 Å². The lowest BCUT2D eigenvalue weighted by Crippen LogP contribution is -2.47. The van der Waals surface area contributed by atoms with Crippen LogP contribution in [-0.2, 0) is 33.0 Å². The van der Waals surface area contributed by atoms with Crippen LogP contribution >= 0.6 is 34.8 Å². The minimum Gasteiger partial charge on any atom is -0.338 e. The van der Waals surface area contributed by atoms with Crippen molar-refractivity contribution < 1.29 is 30.8 Å². The van der Waals surface area contributed by atoms with Crippen LogP contribution < -0.4 is 5.32 Å². The predicted octanol–water partition coefficient (Wildman–Crippen LogP) is 5.94. The highest BCUT2D eigenvalue weighted by Crippen LogP contribution is 2.38. The van der Waals surface area contributed by atoms with Crippen LogP contribution in [0.2, 0.25) is 15.1 Å². The van der Waals surface area contributed by atoms with Gasteiger partial charge in [0.05, 0.1) is 26.5 Å². The molecule has 6 nitrogen and oxygen atoms in total. The highest BCUT2D eigenvalue weighted by atomic mass is 35.5. The van der Waals surface area contributed by atoms with Gasteiger partial charge in [0.2, 0.25) is 5.67 Å². The van der Waals surface area contributed by atoms with Crippen LogP contribution in [0, 0.1) is 0 Å². The molecule has 40 heavy (non-hydrogen) atoms. The van der Waals surface area contributed by atoms with E-state index in [0.29, 0.717) is 25.9 Å². The number of nitrogens with one attached hydrogen (secondary N) is 1. The fourth-order valence-corrected chi connectivity index (χ4v) is 5.66. The van der Waals surface area contributed by atoms with E-state index in [-0.39, 0.29) is 52.6 Å². The number of hydrogen-bond acceptors (Lipinski definition) is 5. The first-order valence-corrected chi connectivity index (χ1v) is 15.6. The lowest BCUT2D eigenvalue weighted by atomic mass is 9.89. The summed E-state index contributed by atoms with van der Waals surface area (Å²) in [5.74, 6) is -1.07. The minimum atomic E-state index is -4.69. The molecule has 2 aromatic carbocycles. The Morgan fingerprint density at radius 3 is 2.23 bits per heavy atom. The van der Waals surface area contributed by atoms with Crippen LogP contribution in [-0.4, -0.2) is 69.0 Å². The van der Waals surface area contributed by atoms with E-state index in [1.165, 1.54) is 31.3 Å². The lowest BCUT2D eigenvalue weighted by molar-refractivity contribution is -0.145. The summed E-state index contributed by atoms with van der Waals surface area (Å²) in [4.78, 5) is 16.6. The van der Waals surface area contributed by atoms with Gasteiger partial charge in [0.15, 0.2) is 9.84 Å². The standard InChI is InChI=1S/C26H30Cl3F4N3O3S/c1-35(15-17-3-5-21(27)20(13-17)26(31,32)33)24(37)25(30,18-4-6-22(28)23(29)14-18)9-12-36-10-7-19(8-11-36)34-16-40(2,38)39/h3-6,13-14,19,34H,7-12,15-16H2,1-2H3. The van der Waals surface area contributed by atoms with Gasteiger partial charge in [-0.25, -0.2) is 12.8 Å². The normalized spacial score (nSPS) is 17.0. The van der Waals surface area contributed by atoms with E-state index < -0.39 is 38.2 Å². The van der Waals surface area contributed by atoms with Gasteiger partial charge in [-0.1, -0.05) is 46.9 Å². The molecule has 1 unspecified atom stereocenters. The Kier molecular flexibility index (Phi) is 10.8. The Hall–Kier alpha value is -1.63. The van der Waals surface area contributed by atoms with Crippen molar-refractivity contribution in [2.75, 3.05) is 38.8 Å². The third-order valence-corrected chi connectivity index (χ3v) is 8.57. The molecule has 0 saturated carbocycles. The van der Waals surface area contributed by atoms with Crippen molar-refractivity contribution in [3.63, 3.8) is 0 Å². The number of carbonyl (C=O) groups excluding carboxylic acids is 1. The van der Waals surface area contributed by atoms with Crippen molar-refractivity contribution in [3.05, 3.63) is 68.2 Å². The van der Waals surface area contributed by atoms with Crippen LogP contribution in [0.1, 0.15) is 36.0 Å². The van der Waals surface area contributed by atoms with Crippen LogP contribution in [0.25, 0.3) is 0 Å². The monoisotopic (exact) mass is 645 g/mol. The van der Waals surface area contributed by atoms with Crippen molar-refractivity contribution in [2.24, 2.45) is 0 Å². The van der Waals surface area contributed by atoms with Crippen LogP contribution in [0.4, 0.5) is 17.6 Å². The number of amides is 1. The molecule has 222 valence electrons. The fraction of sp³-hybridized carbons (Fsp3) is 0.500. The molecule has 1 amide bonds. The van der Waals surface area contributed by atoms with Gasteiger partial charge in [-0.2, -0.15) is 13.2 Å². The number of sulfone groups is 1. The minimum absolute atomic E-state index is 0.00455. The molecule has 1 heterocycles. The molecule has 0 spiro atoms. The number of benzene rings is 2. The molecule has 1 atom stereocenters. The van der Waals surface area contributed by atoms with Gasteiger partial charge in [0.1, 0.15) is 0 Å². The fourth-order valence-electron chi connectivity index (χ4n) is 4.60. The number of piperidine rings is 1. The Labute approximate surface area is 246 Å². The smallest absolute Gasteiger partial charge is 0.338 e.